The molecular formula is C27H21F2N7. The molecule has 0 radical (unpaired) electrons. The Morgan fingerprint density at radius 1 is 0.889 bits per heavy atom. The standard InChI is InChI=1S/C27H21F2N7/c1-14(2)32-18-11-16(12-30-13-18)19-7-8-20-22(23(19)29)26(36-35-20)27-33-21-9-10-31-24(25(21)34-27)15-3-5-17(28)6-4-15/h3-14,32H,1-2H3,(H,33,34)(H,35,36). The van der Waals surface area contributed by atoms with Crippen molar-refractivity contribution in [1.29, 1.82) is 0 Å². The summed E-state index contributed by atoms with van der Waals surface area (Å²) in [5.41, 5.74) is 5.40. The number of anilines is 1. The van der Waals surface area contributed by atoms with Crippen molar-refractivity contribution in [2.45, 2.75) is 19.9 Å². The molecule has 178 valence electrons. The number of pyridine rings is 2. The summed E-state index contributed by atoms with van der Waals surface area (Å²) in [6.07, 6.45) is 5.00. The van der Waals surface area contributed by atoms with E-state index >= 15 is 4.39 Å². The molecule has 2 aromatic carbocycles. The third-order valence-electron chi connectivity index (χ3n) is 5.91. The molecule has 3 N–H and O–H groups in total. The minimum Gasteiger partial charge on any atom is -0.382 e. The van der Waals surface area contributed by atoms with Crippen LogP contribution in [-0.4, -0.2) is 36.2 Å². The van der Waals surface area contributed by atoms with Gasteiger partial charge in [0, 0.05) is 41.3 Å². The Morgan fingerprint density at radius 2 is 1.72 bits per heavy atom. The van der Waals surface area contributed by atoms with Crippen molar-refractivity contribution in [1.82, 2.24) is 30.1 Å². The minimum absolute atomic E-state index is 0.220. The first-order chi connectivity index (χ1) is 17.5. The second-order valence-electron chi connectivity index (χ2n) is 8.83. The van der Waals surface area contributed by atoms with Crippen LogP contribution in [0.3, 0.4) is 0 Å². The van der Waals surface area contributed by atoms with E-state index in [-0.39, 0.29) is 11.9 Å². The summed E-state index contributed by atoms with van der Waals surface area (Å²) < 4.78 is 29.4. The van der Waals surface area contributed by atoms with E-state index in [0.29, 0.717) is 50.3 Å². The van der Waals surface area contributed by atoms with E-state index in [1.165, 1.54) is 12.1 Å². The maximum atomic E-state index is 16.0. The summed E-state index contributed by atoms with van der Waals surface area (Å²) in [6.45, 7) is 4.06. The molecule has 4 heterocycles. The summed E-state index contributed by atoms with van der Waals surface area (Å²) in [5.74, 6) is -0.349. The van der Waals surface area contributed by atoms with E-state index in [4.69, 9.17) is 4.98 Å². The summed E-state index contributed by atoms with van der Waals surface area (Å²) in [5, 5.41) is 10.9. The number of benzene rings is 2. The Kier molecular flexibility index (Phi) is 5.18. The summed E-state index contributed by atoms with van der Waals surface area (Å²) in [6, 6.07) is 13.4. The lowest BCUT2D eigenvalue weighted by Gasteiger charge is -2.11. The zero-order valence-electron chi connectivity index (χ0n) is 19.5. The summed E-state index contributed by atoms with van der Waals surface area (Å²) in [7, 11) is 0. The van der Waals surface area contributed by atoms with Gasteiger partial charge < -0.3 is 10.3 Å². The topological polar surface area (TPSA) is 95.2 Å². The molecule has 0 amide bonds. The van der Waals surface area contributed by atoms with Gasteiger partial charge >= 0.3 is 0 Å². The molecule has 9 heteroatoms. The molecule has 7 nitrogen and oxygen atoms in total. The fraction of sp³-hybridized carbons (Fsp3) is 0.111. The van der Waals surface area contributed by atoms with Crippen molar-refractivity contribution in [3.8, 4) is 33.9 Å². The van der Waals surface area contributed by atoms with Crippen molar-refractivity contribution in [2.24, 2.45) is 0 Å². The van der Waals surface area contributed by atoms with Crippen molar-refractivity contribution in [3.05, 3.63) is 78.8 Å². The number of aromatic nitrogens is 6. The monoisotopic (exact) mass is 481 g/mol. The smallest absolute Gasteiger partial charge is 0.159 e. The number of hydrogen-bond donors (Lipinski definition) is 3. The number of halogens is 2. The number of hydrogen-bond acceptors (Lipinski definition) is 5. The van der Waals surface area contributed by atoms with Crippen molar-refractivity contribution in [2.75, 3.05) is 5.32 Å². The van der Waals surface area contributed by atoms with Gasteiger partial charge in [-0.3, -0.25) is 15.1 Å². The molecular weight excluding hydrogens is 460 g/mol. The summed E-state index contributed by atoms with van der Waals surface area (Å²) >= 11 is 0. The van der Waals surface area contributed by atoms with Gasteiger partial charge in [-0.1, -0.05) is 0 Å². The van der Waals surface area contributed by atoms with Gasteiger partial charge in [0.05, 0.1) is 27.8 Å². The normalized spacial score (nSPS) is 11.6. The number of imidazole rings is 1. The first kappa shape index (κ1) is 21.8. The lowest BCUT2D eigenvalue weighted by atomic mass is 10.0. The molecule has 0 aliphatic rings. The highest BCUT2D eigenvalue weighted by atomic mass is 19.1. The van der Waals surface area contributed by atoms with Gasteiger partial charge in [0.15, 0.2) is 5.82 Å². The molecule has 4 aromatic heterocycles. The van der Waals surface area contributed by atoms with Crippen molar-refractivity contribution < 1.29 is 8.78 Å². The van der Waals surface area contributed by atoms with Crippen LogP contribution in [0.1, 0.15) is 13.8 Å². The van der Waals surface area contributed by atoms with Crippen LogP contribution in [0, 0.1) is 11.6 Å². The minimum atomic E-state index is -0.419. The van der Waals surface area contributed by atoms with E-state index in [1.54, 1.807) is 48.9 Å². The predicted octanol–water partition coefficient (Wildman–Crippen LogP) is 6.33. The van der Waals surface area contributed by atoms with Gasteiger partial charge in [0.2, 0.25) is 0 Å². The van der Waals surface area contributed by atoms with Gasteiger partial charge in [-0.25, -0.2) is 13.8 Å². The molecule has 36 heavy (non-hydrogen) atoms. The Labute approximate surface area is 204 Å². The van der Waals surface area contributed by atoms with E-state index in [2.05, 4.69) is 30.5 Å². The van der Waals surface area contributed by atoms with Crippen LogP contribution in [0.15, 0.2) is 67.1 Å². The first-order valence-corrected chi connectivity index (χ1v) is 11.5. The predicted molar refractivity (Wildman–Crippen MR) is 136 cm³/mol. The second-order valence-corrected chi connectivity index (χ2v) is 8.83. The highest BCUT2D eigenvalue weighted by Gasteiger charge is 2.20. The van der Waals surface area contributed by atoms with E-state index < -0.39 is 5.82 Å². The molecule has 0 saturated heterocycles. The average molecular weight is 482 g/mol. The quantitative estimate of drug-likeness (QED) is 0.268. The molecule has 0 fully saturated rings. The van der Waals surface area contributed by atoms with E-state index in [0.717, 1.165) is 11.3 Å². The number of H-pyrrole nitrogens is 2. The van der Waals surface area contributed by atoms with Crippen LogP contribution in [0.4, 0.5) is 14.5 Å². The van der Waals surface area contributed by atoms with Crippen LogP contribution < -0.4 is 5.32 Å². The number of aromatic amines is 2. The molecule has 0 aliphatic carbocycles. The Balaban J connectivity index is 1.48. The largest absolute Gasteiger partial charge is 0.382 e. The average Bonchev–Trinajstić information content (AvgIpc) is 3.49. The number of fused-ring (bicyclic) bond motifs is 2. The summed E-state index contributed by atoms with van der Waals surface area (Å²) in [4.78, 5) is 16.7. The molecule has 6 rings (SSSR count). The van der Waals surface area contributed by atoms with E-state index in [9.17, 15) is 4.39 Å². The maximum absolute atomic E-state index is 16.0. The van der Waals surface area contributed by atoms with Gasteiger partial charge in [0.1, 0.15) is 22.8 Å². The zero-order chi connectivity index (χ0) is 24.8. The van der Waals surface area contributed by atoms with Crippen LogP contribution >= 0.6 is 0 Å². The van der Waals surface area contributed by atoms with Crippen LogP contribution in [0.2, 0.25) is 0 Å². The molecule has 6 aromatic rings. The molecule has 0 spiro atoms. The third kappa shape index (κ3) is 3.74. The SMILES string of the molecule is CC(C)Nc1cncc(-c2ccc3[nH]nc(-c4nc5c(-c6ccc(F)cc6)nccc5[nH]4)c3c2F)c1. The van der Waals surface area contributed by atoms with Gasteiger partial charge in [-0.15, -0.1) is 0 Å². The molecule has 0 bridgehead atoms. The van der Waals surface area contributed by atoms with Crippen molar-refractivity contribution in [3.63, 3.8) is 0 Å². The highest BCUT2D eigenvalue weighted by Crippen LogP contribution is 2.35. The fourth-order valence-electron chi connectivity index (χ4n) is 4.33. The fourth-order valence-corrected chi connectivity index (χ4v) is 4.33. The van der Waals surface area contributed by atoms with Crippen molar-refractivity contribution >= 4 is 27.6 Å². The highest BCUT2D eigenvalue weighted by molar-refractivity contribution is 5.98. The maximum Gasteiger partial charge on any atom is 0.159 e. The van der Waals surface area contributed by atoms with Crippen LogP contribution in [0.25, 0.3) is 55.8 Å². The van der Waals surface area contributed by atoms with Crippen LogP contribution in [0.5, 0.6) is 0 Å². The number of nitrogens with one attached hydrogen (secondary N) is 3. The van der Waals surface area contributed by atoms with E-state index in [1.807, 2.05) is 19.9 Å². The number of nitrogens with zero attached hydrogens (tertiary/aromatic N) is 4. The Hall–Kier alpha value is -4.66. The third-order valence-corrected chi connectivity index (χ3v) is 5.91. The molecule has 0 saturated carbocycles. The number of rotatable bonds is 5. The first-order valence-electron chi connectivity index (χ1n) is 11.5. The molecule has 0 aliphatic heterocycles. The Bertz CT molecular complexity index is 1720. The lowest BCUT2D eigenvalue weighted by Crippen LogP contribution is -2.09. The second kappa shape index (κ2) is 8.53. The van der Waals surface area contributed by atoms with Gasteiger partial charge in [-0.2, -0.15) is 5.10 Å². The molecule has 0 unspecified atom stereocenters. The molecule has 0 atom stereocenters. The zero-order valence-corrected chi connectivity index (χ0v) is 19.5. The lowest BCUT2D eigenvalue weighted by molar-refractivity contribution is 0.628. The van der Waals surface area contributed by atoms with Gasteiger partial charge in [-0.05, 0) is 62.4 Å². The van der Waals surface area contributed by atoms with Gasteiger partial charge in [0.25, 0.3) is 0 Å². The Morgan fingerprint density at radius 3 is 2.53 bits per heavy atom. The van der Waals surface area contributed by atoms with Crippen LogP contribution in [-0.2, 0) is 0 Å².